The number of carbonyl (C=O) groups is 1. The summed E-state index contributed by atoms with van der Waals surface area (Å²) in [5.41, 5.74) is 1.36. The third-order valence-electron chi connectivity index (χ3n) is 4.63. The number of aromatic amines is 1. The molecule has 0 aliphatic carbocycles. The number of H-pyrrole nitrogens is 1. The molecule has 4 rings (SSSR count). The lowest BCUT2D eigenvalue weighted by atomic mass is 9.98. The van der Waals surface area contributed by atoms with Gasteiger partial charge >= 0.3 is 6.09 Å². The van der Waals surface area contributed by atoms with E-state index in [1.807, 2.05) is 51.1 Å². The second kappa shape index (κ2) is 6.72. The molecule has 7 nitrogen and oxygen atoms in total. The second-order valence-corrected chi connectivity index (χ2v) is 7.99. The molecule has 0 unspecified atom stereocenters. The predicted octanol–water partition coefficient (Wildman–Crippen LogP) is 4.33. The van der Waals surface area contributed by atoms with Crippen LogP contribution in [0.3, 0.4) is 0 Å². The lowest BCUT2D eigenvalue weighted by Crippen LogP contribution is -2.42. The summed E-state index contributed by atoms with van der Waals surface area (Å²) in [5, 5.41) is 5.24. The summed E-state index contributed by atoms with van der Waals surface area (Å²) in [6.45, 7) is 6.84. The fraction of sp³-hybridized carbons (Fsp3) is 0.450. The van der Waals surface area contributed by atoms with Crippen LogP contribution in [0.25, 0.3) is 22.4 Å². The molecule has 1 aliphatic rings. The van der Waals surface area contributed by atoms with E-state index in [-0.39, 0.29) is 12.0 Å². The summed E-state index contributed by atoms with van der Waals surface area (Å²) >= 11 is 0. The first-order valence-corrected chi connectivity index (χ1v) is 9.29. The van der Waals surface area contributed by atoms with E-state index in [1.54, 1.807) is 4.90 Å². The molecule has 1 saturated heterocycles. The molecule has 7 heteroatoms. The Morgan fingerprint density at radius 1 is 1.33 bits per heavy atom. The van der Waals surface area contributed by atoms with Crippen LogP contribution in [0.15, 0.2) is 34.9 Å². The van der Waals surface area contributed by atoms with Crippen molar-refractivity contribution < 1.29 is 14.1 Å². The average molecular weight is 368 g/mol. The lowest BCUT2D eigenvalue weighted by Gasteiger charge is -2.32. The van der Waals surface area contributed by atoms with Gasteiger partial charge in [-0.2, -0.15) is 4.98 Å². The molecule has 0 bridgehead atoms. The largest absolute Gasteiger partial charge is 0.444 e. The standard InChI is InChI=1S/C20H24N4O3/c1-20(2,3)26-19(25)24-10-6-8-14(12-24)18-22-17(23-27-18)16-11-13-7-4-5-9-15(13)21-16/h4-5,7,9,11,14,21H,6,8,10,12H2,1-3H3/t14-/m0/s1. The van der Waals surface area contributed by atoms with Crippen molar-refractivity contribution in [3.05, 3.63) is 36.2 Å². The first-order chi connectivity index (χ1) is 12.9. The van der Waals surface area contributed by atoms with Gasteiger partial charge in [0.05, 0.1) is 11.6 Å². The Bertz CT molecular complexity index is 920. The summed E-state index contributed by atoms with van der Waals surface area (Å²) in [6.07, 6.45) is 1.50. The zero-order valence-electron chi connectivity index (χ0n) is 15.9. The van der Waals surface area contributed by atoms with Gasteiger partial charge in [0.25, 0.3) is 0 Å². The maximum Gasteiger partial charge on any atom is 0.410 e. The van der Waals surface area contributed by atoms with Crippen molar-refractivity contribution in [2.24, 2.45) is 0 Å². The maximum absolute atomic E-state index is 12.3. The molecular weight excluding hydrogens is 344 g/mol. The number of rotatable bonds is 2. The fourth-order valence-electron chi connectivity index (χ4n) is 3.38. The molecule has 1 fully saturated rings. The number of amides is 1. The third-order valence-corrected chi connectivity index (χ3v) is 4.63. The first-order valence-electron chi connectivity index (χ1n) is 9.29. The van der Waals surface area contributed by atoms with Crippen LogP contribution in [0.2, 0.25) is 0 Å². The number of nitrogens with one attached hydrogen (secondary N) is 1. The van der Waals surface area contributed by atoms with Gasteiger partial charge in [0, 0.05) is 24.0 Å². The Morgan fingerprint density at radius 3 is 2.93 bits per heavy atom. The number of fused-ring (bicyclic) bond motifs is 1. The average Bonchev–Trinajstić information content (AvgIpc) is 3.27. The molecule has 27 heavy (non-hydrogen) atoms. The van der Waals surface area contributed by atoms with E-state index >= 15 is 0 Å². The fourth-order valence-corrected chi connectivity index (χ4v) is 3.38. The van der Waals surface area contributed by atoms with Gasteiger partial charge < -0.3 is 19.1 Å². The molecule has 0 saturated carbocycles. The van der Waals surface area contributed by atoms with Crippen molar-refractivity contribution in [3.8, 4) is 11.5 Å². The number of nitrogens with zero attached hydrogens (tertiary/aromatic N) is 3. The molecule has 1 amide bonds. The van der Waals surface area contributed by atoms with E-state index in [9.17, 15) is 4.79 Å². The molecule has 3 aromatic rings. The van der Waals surface area contributed by atoms with Crippen molar-refractivity contribution >= 4 is 17.0 Å². The van der Waals surface area contributed by atoms with Gasteiger partial charge in [0.1, 0.15) is 5.60 Å². The van der Waals surface area contributed by atoms with Crippen LogP contribution in [-0.4, -0.2) is 44.8 Å². The quantitative estimate of drug-likeness (QED) is 0.728. The van der Waals surface area contributed by atoms with E-state index in [0.29, 0.717) is 24.8 Å². The Labute approximate surface area is 157 Å². The van der Waals surface area contributed by atoms with Gasteiger partial charge in [-0.05, 0) is 45.7 Å². The molecule has 0 radical (unpaired) electrons. The van der Waals surface area contributed by atoms with Gasteiger partial charge in [-0.25, -0.2) is 4.79 Å². The molecular formula is C20H24N4O3. The van der Waals surface area contributed by atoms with Crippen LogP contribution in [0.4, 0.5) is 4.79 Å². The number of hydrogen-bond acceptors (Lipinski definition) is 5. The number of aromatic nitrogens is 3. The minimum atomic E-state index is -0.503. The Balaban J connectivity index is 1.50. The molecule has 3 heterocycles. The number of ether oxygens (including phenoxy) is 1. The summed E-state index contributed by atoms with van der Waals surface area (Å²) in [6, 6.07) is 10.0. The Morgan fingerprint density at radius 2 is 2.15 bits per heavy atom. The lowest BCUT2D eigenvalue weighted by molar-refractivity contribution is 0.0189. The number of para-hydroxylation sites is 1. The molecule has 1 aromatic carbocycles. The molecule has 2 aromatic heterocycles. The molecule has 1 atom stereocenters. The van der Waals surface area contributed by atoms with Crippen LogP contribution in [0.1, 0.15) is 45.4 Å². The van der Waals surface area contributed by atoms with E-state index in [4.69, 9.17) is 9.26 Å². The minimum Gasteiger partial charge on any atom is -0.444 e. The third kappa shape index (κ3) is 3.82. The highest BCUT2D eigenvalue weighted by atomic mass is 16.6. The van der Waals surface area contributed by atoms with Crippen LogP contribution in [-0.2, 0) is 4.74 Å². The van der Waals surface area contributed by atoms with Crippen molar-refractivity contribution in [2.45, 2.75) is 45.1 Å². The highest BCUT2D eigenvalue weighted by Crippen LogP contribution is 2.29. The van der Waals surface area contributed by atoms with Crippen LogP contribution in [0.5, 0.6) is 0 Å². The highest BCUT2D eigenvalue weighted by molar-refractivity contribution is 5.84. The van der Waals surface area contributed by atoms with Gasteiger partial charge in [0.15, 0.2) is 0 Å². The Kier molecular flexibility index (Phi) is 4.37. The maximum atomic E-state index is 12.3. The highest BCUT2D eigenvalue weighted by Gasteiger charge is 2.31. The normalized spacial score (nSPS) is 18.0. The van der Waals surface area contributed by atoms with Crippen LogP contribution < -0.4 is 0 Å². The van der Waals surface area contributed by atoms with Crippen molar-refractivity contribution in [2.75, 3.05) is 13.1 Å². The SMILES string of the molecule is CC(C)(C)OC(=O)N1CCC[C@H](c2nc(-c3cc4ccccc4[nH]3)no2)C1. The van der Waals surface area contributed by atoms with Gasteiger partial charge in [-0.3, -0.25) is 0 Å². The van der Waals surface area contributed by atoms with Crippen molar-refractivity contribution in [1.82, 2.24) is 20.0 Å². The summed E-state index contributed by atoms with van der Waals surface area (Å²) in [5.74, 6) is 1.13. The summed E-state index contributed by atoms with van der Waals surface area (Å²) in [4.78, 5) is 22.0. The zero-order chi connectivity index (χ0) is 19.0. The second-order valence-electron chi connectivity index (χ2n) is 7.99. The number of benzene rings is 1. The van der Waals surface area contributed by atoms with Gasteiger partial charge in [-0.1, -0.05) is 23.4 Å². The van der Waals surface area contributed by atoms with E-state index in [2.05, 4.69) is 15.1 Å². The van der Waals surface area contributed by atoms with Crippen molar-refractivity contribution in [3.63, 3.8) is 0 Å². The Hall–Kier alpha value is -2.83. The van der Waals surface area contributed by atoms with E-state index in [0.717, 1.165) is 29.4 Å². The van der Waals surface area contributed by atoms with Crippen molar-refractivity contribution in [1.29, 1.82) is 0 Å². The number of hydrogen-bond donors (Lipinski definition) is 1. The monoisotopic (exact) mass is 368 g/mol. The molecule has 1 N–H and O–H groups in total. The predicted molar refractivity (Wildman–Crippen MR) is 101 cm³/mol. The molecule has 142 valence electrons. The number of piperidine rings is 1. The van der Waals surface area contributed by atoms with Crippen LogP contribution in [0, 0.1) is 0 Å². The smallest absolute Gasteiger partial charge is 0.410 e. The van der Waals surface area contributed by atoms with Gasteiger partial charge in [0.2, 0.25) is 11.7 Å². The zero-order valence-corrected chi connectivity index (χ0v) is 15.9. The van der Waals surface area contributed by atoms with E-state index in [1.165, 1.54) is 0 Å². The number of carbonyl (C=O) groups excluding carboxylic acids is 1. The topological polar surface area (TPSA) is 84.2 Å². The number of likely N-dealkylation sites (tertiary alicyclic amines) is 1. The van der Waals surface area contributed by atoms with E-state index < -0.39 is 5.60 Å². The minimum absolute atomic E-state index is 0.0249. The van der Waals surface area contributed by atoms with Crippen LogP contribution >= 0.6 is 0 Å². The van der Waals surface area contributed by atoms with Gasteiger partial charge in [-0.15, -0.1) is 0 Å². The molecule has 0 spiro atoms. The summed E-state index contributed by atoms with van der Waals surface area (Å²) < 4.78 is 11.0. The summed E-state index contributed by atoms with van der Waals surface area (Å²) in [7, 11) is 0. The molecule has 1 aliphatic heterocycles. The first kappa shape index (κ1) is 17.6.